The minimum Gasteiger partial charge on any atom is -0.326 e. The molecule has 0 bridgehead atoms. The Balaban J connectivity index is 1.52. The number of thiazole rings is 1. The Hall–Kier alpha value is -2.53. The van der Waals surface area contributed by atoms with Crippen LogP contribution in [0.5, 0.6) is 0 Å². The Morgan fingerprint density at radius 3 is 2.48 bits per heavy atom. The van der Waals surface area contributed by atoms with Crippen LogP contribution in [0.3, 0.4) is 0 Å². The topological polar surface area (TPSA) is 54.9 Å². The number of anilines is 1. The fourth-order valence-electron chi connectivity index (χ4n) is 2.35. The van der Waals surface area contributed by atoms with E-state index in [-0.39, 0.29) is 11.8 Å². The van der Waals surface area contributed by atoms with Crippen molar-refractivity contribution in [3.05, 3.63) is 54.2 Å². The second-order valence-electron chi connectivity index (χ2n) is 5.61. The molecule has 4 nitrogen and oxygen atoms in total. The van der Waals surface area contributed by atoms with Crippen molar-refractivity contribution >= 4 is 22.9 Å². The summed E-state index contributed by atoms with van der Waals surface area (Å²) in [5.41, 5.74) is 3.91. The third-order valence-electron chi connectivity index (χ3n) is 3.83. The summed E-state index contributed by atoms with van der Waals surface area (Å²) >= 11 is 1.62. The predicted molar refractivity (Wildman–Crippen MR) is 92.1 cm³/mol. The van der Waals surface area contributed by atoms with Crippen molar-refractivity contribution in [2.75, 3.05) is 5.32 Å². The molecule has 1 aliphatic rings. The molecule has 2 aromatic heterocycles. The van der Waals surface area contributed by atoms with E-state index >= 15 is 0 Å². The van der Waals surface area contributed by atoms with Crippen LogP contribution in [0.1, 0.15) is 12.8 Å². The van der Waals surface area contributed by atoms with Gasteiger partial charge in [-0.3, -0.25) is 9.78 Å². The zero-order chi connectivity index (χ0) is 15.6. The maximum atomic E-state index is 11.8. The van der Waals surface area contributed by atoms with Gasteiger partial charge in [0.1, 0.15) is 5.01 Å². The largest absolute Gasteiger partial charge is 0.326 e. The first-order valence-corrected chi connectivity index (χ1v) is 8.45. The molecule has 1 N–H and O–H groups in total. The summed E-state index contributed by atoms with van der Waals surface area (Å²) in [5.74, 6) is 0.350. The third kappa shape index (κ3) is 3.14. The number of rotatable bonds is 4. The number of benzene rings is 1. The van der Waals surface area contributed by atoms with Crippen molar-refractivity contribution in [3.8, 4) is 21.8 Å². The van der Waals surface area contributed by atoms with Crippen LogP contribution in [0.2, 0.25) is 0 Å². The highest BCUT2D eigenvalue weighted by Crippen LogP contribution is 2.31. The van der Waals surface area contributed by atoms with Gasteiger partial charge in [-0.15, -0.1) is 11.3 Å². The van der Waals surface area contributed by atoms with Crippen LogP contribution in [-0.2, 0) is 4.79 Å². The fourth-order valence-corrected chi connectivity index (χ4v) is 3.18. The van der Waals surface area contributed by atoms with Gasteiger partial charge in [-0.2, -0.15) is 0 Å². The summed E-state index contributed by atoms with van der Waals surface area (Å²) in [7, 11) is 0. The number of pyridine rings is 1. The molecule has 0 saturated heterocycles. The number of hydrogen-bond acceptors (Lipinski definition) is 4. The number of carbonyl (C=O) groups is 1. The van der Waals surface area contributed by atoms with Crippen LogP contribution >= 0.6 is 11.3 Å². The molecule has 0 unspecified atom stereocenters. The van der Waals surface area contributed by atoms with Gasteiger partial charge >= 0.3 is 0 Å². The minimum absolute atomic E-state index is 0.131. The van der Waals surface area contributed by atoms with E-state index in [2.05, 4.69) is 15.3 Å². The number of nitrogens with zero attached hydrogens (tertiary/aromatic N) is 2. The van der Waals surface area contributed by atoms with E-state index in [1.165, 1.54) is 0 Å². The molecule has 1 amide bonds. The van der Waals surface area contributed by atoms with E-state index in [4.69, 9.17) is 0 Å². The Labute approximate surface area is 138 Å². The van der Waals surface area contributed by atoms with E-state index < -0.39 is 0 Å². The zero-order valence-electron chi connectivity index (χ0n) is 12.4. The predicted octanol–water partition coefficient (Wildman–Crippen LogP) is 4.22. The molecule has 0 atom stereocenters. The van der Waals surface area contributed by atoms with Crippen molar-refractivity contribution in [2.45, 2.75) is 12.8 Å². The van der Waals surface area contributed by atoms with Crippen LogP contribution in [0.4, 0.5) is 5.69 Å². The van der Waals surface area contributed by atoms with Gasteiger partial charge in [-0.05, 0) is 37.1 Å². The number of amides is 1. The van der Waals surface area contributed by atoms with Crippen molar-refractivity contribution < 1.29 is 4.79 Å². The normalized spacial score (nSPS) is 13.7. The summed E-state index contributed by atoms with van der Waals surface area (Å²) in [5, 5.41) is 5.98. The average Bonchev–Trinajstić information content (AvgIpc) is 3.34. The first kappa shape index (κ1) is 14.1. The van der Waals surface area contributed by atoms with Crippen LogP contribution in [0, 0.1) is 5.92 Å². The molecule has 1 aromatic carbocycles. The number of nitrogens with one attached hydrogen (secondary N) is 1. The summed E-state index contributed by atoms with van der Waals surface area (Å²) in [6.45, 7) is 0. The first-order valence-electron chi connectivity index (χ1n) is 7.57. The SMILES string of the molecule is O=C(Nc1ccc(-c2csc(-c3ccncc3)n2)cc1)C1CC1. The molecular formula is C18H15N3OS. The van der Waals surface area contributed by atoms with Crippen molar-refractivity contribution in [1.29, 1.82) is 0 Å². The van der Waals surface area contributed by atoms with Crippen molar-refractivity contribution in [1.82, 2.24) is 9.97 Å². The van der Waals surface area contributed by atoms with Gasteiger partial charge < -0.3 is 5.32 Å². The third-order valence-corrected chi connectivity index (χ3v) is 4.72. The standard InChI is InChI=1S/C18H15N3OS/c22-17(13-1-2-13)20-15-5-3-12(4-6-15)16-11-23-18(21-16)14-7-9-19-10-8-14/h3-11,13H,1-2H2,(H,20,22). The molecule has 1 saturated carbocycles. The number of carbonyl (C=O) groups excluding carboxylic acids is 1. The lowest BCUT2D eigenvalue weighted by molar-refractivity contribution is -0.117. The summed E-state index contributed by atoms with van der Waals surface area (Å²) in [6, 6.07) is 11.8. The lowest BCUT2D eigenvalue weighted by Crippen LogP contribution is -2.12. The quantitative estimate of drug-likeness (QED) is 0.782. The van der Waals surface area contributed by atoms with E-state index in [1.807, 2.05) is 41.8 Å². The van der Waals surface area contributed by atoms with Crippen molar-refractivity contribution in [2.24, 2.45) is 5.92 Å². The summed E-state index contributed by atoms with van der Waals surface area (Å²) in [6.07, 6.45) is 5.57. The van der Waals surface area contributed by atoms with Crippen LogP contribution in [-0.4, -0.2) is 15.9 Å². The van der Waals surface area contributed by atoms with Gasteiger partial charge in [0.25, 0.3) is 0 Å². The van der Waals surface area contributed by atoms with Gasteiger partial charge in [-0.1, -0.05) is 12.1 Å². The highest BCUT2D eigenvalue weighted by molar-refractivity contribution is 7.13. The highest BCUT2D eigenvalue weighted by atomic mass is 32.1. The van der Waals surface area contributed by atoms with Crippen LogP contribution < -0.4 is 5.32 Å². The maximum Gasteiger partial charge on any atom is 0.227 e. The van der Waals surface area contributed by atoms with E-state index in [0.717, 1.165) is 40.4 Å². The average molecular weight is 321 g/mol. The van der Waals surface area contributed by atoms with Crippen LogP contribution in [0.15, 0.2) is 54.2 Å². The number of aromatic nitrogens is 2. The lowest BCUT2D eigenvalue weighted by atomic mass is 10.1. The molecule has 0 radical (unpaired) electrons. The first-order chi connectivity index (χ1) is 11.3. The second-order valence-corrected chi connectivity index (χ2v) is 6.47. The Kier molecular flexibility index (Phi) is 3.63. The molecule has 2 heterocycles. The smallest absolute Gasteiger partial charge is 0.227 e. The molecular weight excluding hydrogens is 306 g/mol. The van der Waals surface area contributed by atoms with Gasteiger partial charge in [0.15, 0.2) is 0 Å². The van der Waals surface area contributed by atoms with Gasteiger partial charge in [-0.25, -0.2) is 4.98 Å². The second kappa shape index (κ2) is 5.93. The zero-order valence-corrected chi connectivity index (χ0v) is 13.2. The molecule has 114 valence electrons. The molecule has 5 heteroatoms. The Morgan fingerprint density at radius 1 is 1.04 bits per heavy atom. The van der Waals surface area contributed by atoms with Gasteiger partial charge in [0.2, 0.25) is 5.91 Å². The fraction of sp³-hybridized carbons (Fsp3) is 0.167. The summed E-state index contributed by atoms with van der Waals surface area (Å²) < 4.78 is 0. The summed E-state index contributed by atoms with van der Waals surface area (Å²) in [4.78, 5) is 20.5. The lowest BCUT2D eigenvalue weighted by Gasteiger charge is -2.04. The molecule has 0 spiro atoms. The van der Waals surface area contributed by atoms with E-state index in [9.17, 15) is 4.79 Å². The molecule has 4 rings (SSSR count). The van der Waals surface area contributed by atoms with Crippen LogP contribution in [0.25, 0.3) is 21.8 Å². The Morgan fingerprint density at radius 2 is 1.78 bits per heavy atom. The molecule has 0 aliphatic heterocycles. The van der Waals surface area contributed by atoms with E-state index in [0.29, 0.717) is 0 Å². The van der Waals surface area contributed by atoms with Crippen molar-refractivity contribution in [3.63, 3.8) is 0 Å². The molecule has 23 heavy (non-hydrogen) atoms. The monoisotopic (exact) mass is 321 g/mol. The Bertz CT molecular complexity index is 823. The molecule has 1 fully saturated rings. The van der Waals surface area contributed by atoms with E-state index in [1.54, 1.807) is 23.7 Å². The minimum atomic E-state index is 0.131. The number of hydrogen-bond donors (Lipinski definition) is 1. The van der Waals surface area contributed by atoms with Gasteiger partial charge in [0.05, 0.1) is 5.69 Å². The van der Waals surface area contributed by atoms with Gasteiger partial charge in [0, 0.05) is 40.5 Å². The highest BCUT2D eigenvalue weighted by Gasteiger charge is 2.29. The molecule has 3 aromatic rings. The maximum absolute atomic E-state index is 11.8. The molecule has 1 aliphatic carbocycles.